The Morgan fingerprint density at radius 2 is 2.00 bits per heavy atom. The number of hydrogen-bond acceptors (Lipinski definition) is 4. The van der Waals surface area contributed by atoms with Crippen molar-refractivity contribution in [2.75, 3.05) is 7.11 Å². The number of ketones is 2. The number of Topliss-reactive ketones (excluding diaryl/α,β-unsaturated/α-hetero) is 2. The molecule has 0 aromatic heterocycles. The second-order valence-electron chi connectivity index (χ2n) is 2.92. The van der Waals surface area contributed by atoms with Gasteiger partial charge >= 0.3 is 5.97 Å². The van der Waals surface area contributed by atoms with Gasteiger partial charge in [-0.05, 0) is 6.42 Å². The Morgan fingerprint density at radius 1 is 1.46 bits per heavy atom. The van der Waals surface area contributed by atoms with Crippen LogP contribution in [-0.2, 0) is 19.1 Å². The number of methoxy groups -OCH3 is 1. The quantitative estimate of drug-likeness (QED) is 0.355. The monoisotopic (exact) mass is 188 g/mol. The summed E-state index contributed by atoms with van der Waals surface area (Å²) in [6.45, 7) is 0. The van der Waals surface area contributed by atoms with Crippen LogP contribution in [0.4, 0.5) is 4.39 Å². The van der Waals surface area contributed by atoms with Crippen molar-refractivity contribution in [3.8, 4) is 0 Å². The molecule has 0 radical (unpaired) electrons. The Hall–Kier alpha value is -1.26. The van der Waals surface area contributed by atoms with E-state index in [1.165, 1.54) is 0 Å². The van der Waals surface area contributed by atoms with E-state index in [4.69, 9.17) is 0 Å². The largest absolute Gasteiger partial charge is 0.463 e. The molecule has 1 aliphatic carbocycles. The Morgan fingerprint density at radius 3 is 2.38 bits per heavy atom. The number of esters is 1. The topological polar surface area (TPSA) is 60.4 Å². The maximum atomic E-state index is 12.3. The number of hydrogen-bond donors (Lipinski definition) is 0. The van der Waals surface area contributed by atoms with E-state index in [2.05, 4.69) is 4.74 Å². The van der Waals surface area contributed by atoms with Crippen molar-refractivity contribution in [2.45, 2.75) is 19.0 Å². The van der Waals surface area contributed by atoms with Gasteiger partial charge in [-0.25, -0.2) is 9.18 Å². The minimum Gasteiger partial charge on any atom is -0.463 e. The van der Waals surface area contributed by atoms with Gasteiger partial charge in [0.05, 0.1) is 19.4 Å². The summed E-state index contributed by atoms with van der Waals surface area (Å²) in [5.74, 6) is -3.15. The molecular weight excluding hydrogens is 179 g/mol. The number of rotatable bonds is 4. The van der Waals surface area contributed by atoms with Gasteiger partial charge in [-0.2, -0.15) is 0 Å². The molecule has 0 unspecified atom stereocenters. The van der Waals surface area contributed by atoms with Crippen LogP contribution < -0.4 is 0 Å². The van der Waals surface area contributed by atoms with Gasteiger partial charge in [0.25, 0.3) is 0 Å². The standard InChI is InChI=1S/C8H9FO4/c1-13-8(12)7(11)3-6(10)4-2-5(4)9/h4-5H,2-3H2,1H3/t4-,5-/m0/s1. The van der Waals surface area contributed by atoms with E-state index in [0.29, 0.717) is 0 Å². The number of alkyl halides is 1. The van der Waals surface area contributed by atoms with Gasteiger partial charge in [0.15, 0.2) is 0 Å². The first-order valence-electron chi connectivity index (χ1n) is 3.84. The fraction of sp³-hybridized carbons (Fsp3) is 0.625. The van der Waals surface area contributed by atoms with E-state index < -0.39 is 36.0 Å². The molecule has 72 valence electrons. The summed E-state index contributed by atoms with van der Waals surface area (Å²) in [5.41, 5.74) is 0. The lowest BCUT2D eigenvalue weighted by molar-refractivity contribution is -0.152. The van der Waals surface area contributed by atoms with Gasteiger partial charge in [0, 0.05) is 0 Å². The molecule has 0 spiro atoms. The molecule has 5 heteroatoms. The van der Waals surface area contributed by atoms with E-state index in [0.717, 1.165) is 7.11 Å². The molecule has 0 amide bonds. The van der Waals surface area contributed by atoms with Crippen molar-refractivity contribution >= 4 is 17.5 Å². The highest BCUT2D eigenvalue weighted by Crippen LogP contribution is 2.35. The smallest absolute Gasteiger partial charge is 0.374 e. The van der Waals surface area contributed by atoms with Crippen molar-refractivity contribution in [1.29, 1.82) is 0 Å². The van der Waals surface area contributed by atoms with Gasteiger partial charge in [0.2, 0.25) is 5.78 Å². The molecule has 0 bridgehead atoms. The molecular formula is C8H9FO4. The second-order valence-corrected chi connectivity index (χ2v) is 2.92. The van der Waals surface area contributed by atoms with Crippen LogP contribution in [0.1, 0.15) is 12.8 Å². The molecule has 1 saturated carbocycles. The van der Waals surface area contributed by atoms with Crippen LogP contribution in [0.15, 0.2) is 0 Å². The third kappa shape index (κ3) is 2.34. The molecule has 0 heterocycles. The van der Waals surface area contributed by atoms with Crippen LogP contribution in [0.25, 0.3) is 0 Å². The number of halogens is 1. The van der Waals surface area contributed by atoms with Crippen molar-refractivity contribution < 1.29 is 23.5 Å². The first-order valence-corrected chi connectivity index (χ1v) is 3.84. The minimum absolute atomic E-state index is 0.174. The summed E-state index contributed by atoms with van der Waals surface area (Å²) in [6.07, 6.45) is -1.50. The summed E-state index contributed by atoms with van der Waals surface area (Å²) in [4.78, 5) is 32.3. The van der Waals surface area contributed by atoms with Gasteiger partial charge in [-0.1, -0.05) is 0 Å². The van der Waals surface area contributed by atoms with E-state index in [1.807, 2.05) is 0 Å². The molecule has 0 aliphatic heterocycles. The Labute approximate surface area is 74.1 Å². The highest BCUT2D eigenvalue weighted by Gasteiger charge is 2.44. The van der Waals surface area contributed by atoms with Crippen LogP contribution in [0.2, 0.25) is 0 Å². The van der Waals surface area contributed by atoms with Gasteiger partial charge in [-0.3, -0.25) is 9.59 Å². The van der Waals surface area contributed by atoms with E-state index in [9.17, 15) is 18.8 Å². The van der Waals surface area contributed by atoms with Gasteiger partial charge in [0.1, 0.15) is 12.0 Å². The predicted molar refractivity (Wildman–Crippen MR) is 39.7 cm³/mol. The number of carbonyl (C=O) groups is 3. The first-order chi connectivity index (χ1) is 6.06. The Kier molecular flexibility index (Phi) is 2.75. The zero-order valence-corrected chi connectivity index (χ0v) is 7.08. The summed E-state index contributed by atoms with van der Waals surface area (Å²) in [5, 5.41) is 0. The van der Waals surface area contributed by atoms with Crippen molar-refractivity contribution in [3.05, 3.63) is 0 Å². The highest BCUT2D eigenvalue weighted by atomic mass is 19.1. The summed E-state index contributed by atoms with van der Waals surface area (Å²) >= 11 is 0. The normalized spacial score (nSPS) is 25.1. The summed E-state index contributed by atoms with van der Waals surface area (Å²) in [7, 11) is 1.06. The minimum atomic E-state index is -1.13. The third-order valence-electron chi connectivity index (χ3n) is 1.87. The van der Waals surface area contributed by atoms with Crippen molar-refractivity contribution in [2.24, 2.45) is 5.92 Å². The Bertz CT molecular complexity index is 261. The first kappa shape index (κ1) is 9.83. The SMILES string of the molecule is COC(=O)C(=O)CC(=O)[C@H]1C[C@@H]1F. The molecule has 2 atom stereocenters. The second kappa shape index (κ2) is 3.64. The molecule has 1 aliphatic rings. The lowest BCUT2D eigenvalue weighted by Crippen LogP contribution is -2.20. The predicted octanol–water partition coefficient (Wildman–Crippen LogP) is 0.0457. The van der Waals surface area contributed by atoms with Crippen LogP contribution in [0, 0.1) is 5.92 Å². The molecule has 13 heavy (non-hydrogen) atoms. The lowest BCUT2D eigenvalue weighted by atomic mass is 10.1. The van der Waals surface area contributed by atoms with Crippen molar-refractivity contribution in [3.63, 3.8) is 0 Å². The molecule has 0 saturated heterocycles. The zero-order chi connectivity index (χ0) is 10.0. The van der Waals surface area contributed by atoms with Crippen LogP contribution in [0.5, 0.6) is 0 Å². The maximum Gasteiger partial charge on any atom is 0.374 e. The number of carbonyl (C=O) groups excluding carboxylic acids is 3. The van der Waals surface area contributed by atoms with Crippen molar-refractivity contribution in [1.82, 2.24) is 0 Å². The van der Waals surface area contributed by atoms with Gasteiger partial charge in [-0.15, -0.1) is 0 Å². The van der Waals surface area contributed by atoms with E-state index >= 15 is 0 Å². The maximum absolute atomic E-state index is 12.3. The number of ether oxygens (including phenoxy) is 1. The molecule has 1 fully saturated rings. The van der Waals surface area contributed by atoms with Crippen LogP contribution in [-0.4, -0.2) is 30.8 Å². The summed E-state index contributed by atoms with van der Waals surface area (Å²) < 4.78 is 16.4. The van der Waals surface area contributed by atoms with E-state index in [1.54, 1.807) is 0 Å². The average Bonchev–Trinajstić information content (AvgIpc) is 2.81. The fourth-order valence-corrected chi connectivity index (χ4v) is 0.973. The Balaban J connectivity index is 2.36. The molecule has 1 rings (SSSR count). The fourth-order valence-electron chi connectivity index (χ4n) is 0.973. The average molecular weight is 188 g/mol. The molecule has 0 aromatic rings. The highest BCUT2D eigenvalue weighted by molar-refractivity contribution is 6.37. The zero-order valence-electron chi connectivity index (χ0n) is 7.08. The van der Waals surface area contributed by atoms with Crippen LogP contribution in [0.3, 0.4) is 0 Å². The van der Waals surface area contributed by atoms with Gasteiger partial charge < -0.3 is 4.74 Å². The van der Waals surface area contributed by atoms with E-state index in [-0.39, 0.29) is 6.42 Å². The lowest BCUT2D eigenvalue weighted by Gasteiger charge is -1.96. The molecule has 0 N–H and O–H groups in total. The molecule has 4 nitrogen and oxygen atoms in total. The molecule has 0 aromatic carbocycles. The van der Waals surface area contributed by atoms with Crippen LogP contribution >= 0.6 is 0 Å². The third-order valence-corrected chi connectivity index (χ3v) is 1.87. The summed E-state index contributed by atoms with van der Waals surface area (Å²) in [6, 6.07) is 0.